The van der Waals surface area contributed by atoms with Crippen LogP contribution < -0.4 is 10.5 Å². The number of aromatic nitrogens is 2. The smallest absolute Gasteiger partial charge is 0.229 e. The average molecular weight is 273 g/mol. The fraction of sp³-hybridized carbons (Fsp3) is 0.467. The molecule has 106 valence electrons. The summed E-state index contributed by atoms with van der Waals surface area (Å²) >= 11 is 0. The molecule has 0 spiro atoms. The molecular formula is C15H19N3O2. The summed E-state index contributed by atoms with van der Waals surface area (Å²) < 4.78 is 11.1. The number of rotatable bonds is 4. The van der Waals surface area contributed by atoms with E-state index in [2.05, 4.69) is 23.1 Å². The van der Waals surface area contributed by atoms with Gasteiger partial charge in [-0.05, 0) is 25.5 Å². The molecule has 2 atom stereocenters. The van der Waals surface area contributed by atoms with E-state index in [1.165, 1.54) is 0 Å². The molecule has 0 radical (unpaired) electrons. The van der Waals surface area contributed by atoms with Crippen LogP contribution in [0.15, 0.2) is 28.8 Å². The van der Waals surface area contributed by atoms with Gasteiger partial charge in [-0.2, -0.15) is 4.98 Å². The van der Waals surface area contributed by atoms with E-state index < -0.39 is 0 Å². The van der Waals surface area contributed by atoms with Crippen LogP contribution >= 0.6 is 0 Å². The Balaban J connectivity index is 1.87. The van der Waals surface area contributed by atoms with Gasteiger partial charge in [-0.3, -0.25) is 0 Å². The highest BCUT2D eigenvalue weighted by molar-refractivity contribution is 5.40. The zero-order chi connectivity index (χ0) is 13.9. The van der Waals surface area contributed by atoms with Gasteiger partial charge in [-0.1, -0.05) is 30.3 Å². The number of para-hydroxylation sites is 1. The topological polar surface area (TPSA) is 74.2 Å². The number of hydrogen-bond donors (Lipinski definition) is 1. The molecule has 0 bridgehead atoms. The molecule has 2 unspecified atom stereocenters. The summed E-state index contributed by atoms with van der Waals surface area (Å²) in [5.74, 6) is 2.71. The quantitative estimate of drug-likeness (QED) is 0.926. The van der Waals surface area contributed by atoms with Crippen molar-refractivity contribution in [1.82, 2.24) is 10.1 Å². The van der Waals surface area contributed by atoms with Gasteiger partial charge >= 0.3 is 0 Å². The molecule has 0 saturated heterocycles. The molecule has 20 heavy (non-hydrogen) atoms. The summed E-state index contributed by atoms with van der Waals surface area (Å²) in [6.07, 6.45) is 1.73. The third-order valence-electron chi connectivity index (χ3n) is 3.75. The van der Waals surface area contributed by atoms with E-state index in [-0.39, 0.29) is 11.8 Å². The van der Waals surface area contributed by atoms with Crippen LogP contribution in [0.4, 0.5) is 0 Å². The van der Waals surface area contributed by atoms with Crippen molar-refractivity contribution in [1.29, 1.82) is 0 Å². The number of nitrogens with zero attached hydrogens (tertiary/aromatic N) is 2. The van der Waals surface area contributed by atoms with E-state index in [0.29, 0.717) is 19.0 Å². The van der Waals surface area contributed by atoms with Crippen LogP contribution in [0.3, 0.4) is 0 Å². The predicted octanol–water partition coefficient (Wildman–Crippen LogP) is 2.44. The second-order valence-corrected chi connectivity index (χ2v) is 5.20. The Hall–Kier alpha value is -1.88. The molecule has 5 nitrogen and oxygen atoms in total. The molecule has 1 aliphatic rings. The van der Waals surface area contributed by atoms with Crippen molar-refractivity contribution >= 4 is 0 Å². The molecule has 0 aliphatic carbocycles. The first-order chi connectivity index (χ1) is 9.79. The van der Waals surface area contributed by atoms with Gasteiger partial charge in [-0.15, -0.1) is 0 Å². The van der Waals surface area contributed by atoms with Crippen molar-refractivity contribution in [2.75, 3.05) is 13.2 Å². The molecule has 0 fully saturated rings. The Bertz CT molecular complexity index is 582. The molecule has 0 saturated carbocycles. The van der Waals surface area contributed by atoms with Gasteiger partial charge in [0.25, 0.3) is 0 Å². The molecule has 3 rings (SSSR count). The minimum Gasteiger partial charge on any atom is -0.493 e. The van der Waals surface area contributed by atoms with Crippen molar-refractivity contribution < 1.29 is 9.26 Å². The van der Waals surface area contributed by atoms with E-state index in [9.17, 15) is 0 Å². The Morgan fingerprint density at radius 1 is 1.40 bits per heavy atom. The number of fused-ring (bicyclic) bond motifs is 1. The monoisotopic (exact) mass is 273 g/mol. The van der Waals surface area contributed by atoms with Crippen LogP contribution in [-0.4, -0.2) is 23.3 Å². The molecule has 1 aromatic carbocycles. The summed E-state index contributed by atoms with van der Waals surface area (Å²) in [5.41, 5.74) is 6.71. The van der Waals surface area contributed by atoms with E-state index >= 15 is 0 Å². The number of hydrogen-bond acceptors (Lipinski definition) is 5. The zero-order valence-corrected chi connectivity index (χ0v) is 11.6. The molecular weight excluding hydrogens is 254 g/mol. The molecule has 1 aliphatic heterocycles. The van der Waals surface area contributed by atoms with Gasteiger partial charge in [0.05, 0.1) is 12.5 Å². The minimum atomic E-state index is 0.155. The third-order valence-corrected chi connectivity index (χ3v) is 3.75. The molecule has 2 heterocycles. The molecule has 1 aromatic heterocycles. The Labute approximate surface area is 118 Å². The van der Waals surface area contributed by atoms with Gasteiger partial charge in [0.2, 0.25) is 5.89 Å². The second-order valence-electron chi connectivity index (χ2n) is 5.20. The lowest BCUT2D eigenvalue weighted by Gasteiger charge is -2.23. The summed E-state index contributed by atoms with van der Waals surface area (Å²) in [4.78, 5) is 4.56. The van der Waals surface area contributed by atoms with Crippen molar-refractivity contribution in [2.24, 2.45) is 5.73 Å². The van der Waals surface area contributed by atoms with E-state index in [4.69, 9.17) is 15.0 Å². The van der Waals surface area contributed by atoms with E-state index in [0.717, 1.165) is 30.0 Å². The predicted molar refractivity (Wildman–Crippen MR) is 74.8 cm³/mol. The maximum Gasteiger partial charge on any atom is 0.229 e. The van der Waals surface area contributed by atoms with Crippen molar-refractivity contribution in [3.05, 3.63) is 41.5 Å². The highest BCUT2D eigenvalue weighted by Crippen LogP contribution is 2.36. The summed E-state index contributed by atoms with van der Waals surface area (Å²) in [6, 6.07) is 8.04. The second kappa shape index (κ2) is 5.63. The lowest BCUT2D eigenvalue weighted by atomic mass is 9.92. The van der Waals surface area contributed by atoms with Crippen LogP contribution in [0.2, 0.25) is 0 Å². The van der Waals surface area contributed by atoms with E-state index in [1.807, 2.05) is 18.2 Å². The first-order valence-electron chi connectivity index (χ1n) is 7.05. The molecule has 0 amide bonds. The molecule has 2 N–H and O–H groups in total. The van der Waals surface area contributed by atoms with Gasteiger partial charge in [0.15, 0.2) is 5.82 Å². The molecule has 5 heteroatoms. The van der Waals surface area contributed by atoms with Crippen LogP contribution in [-0.2, 0) is 0 Å². The Morgan fingerprint density at radius 2 is 2.25 bits per heavy atom. The van der Waals surface area contributed by atoms with Gasteiger partial charge in [-0.25, -0.2) is 0 Å². The fourth-order valence-corrected chi connectivity index (χ4v) is 2.57. The number of ether oxygens (including phenoxy) is 1. The van der Waals surface area contributed by atoms with Crippen LogP contribution in [0.25, 0.3) is 0 Å². The summed E-state index contributed by atoms with van der Waals surface area (Å²) in [6.45, 7) is 3.37. The van der Waals surface area contributed by atoms with Crippen molar-refractivity contribution in [3.63, 3.8) is 0 Å². The van der Waals surface area contributed by atoms with Crippen LogP contribution in [0, 0.1) is 0 Å². The number of benzene rings is 1. The standard InChI is InChI=1S/C15H19N3O2/c1-10(6-8-16)15-17-14(18-20-15)12-7-9-19-13-5-3-2-4-11(12)13/h2-5,10,12H,6-9,16H2,1H3. The summed E-state index contributed by atoms with van der Waals surface area (Å²) in [5, 5.41) is 4.16. The maximum atomic E-state index is 5.67. The first kappa shape index (κ1) is 13.1. The van der Waals surface area contributed by atoms with Crippen molar-refractivity contribution in [3.8, 4) is 5.75 Å². The van der Waals surface area contributed by atoms with Gasteiger partial charge < -0.3 is 15.0 Å². The zero-order valence-electron chi connectivity index (χ0n) is 11.6. The normalized spacial score (nSPS) is 19.2. The first-order valence-corrected chi connectivity index (χ1v) is 7.05. The average Bonchev–Trinajstić information content (AvgIpc) is 2.97. The van der Waals surface area contributed by atoms with Crippen LogP contribution in [0.5, 0.6) is 5.75 Å². The largest absolute Gasteiger partial charge is 0.493 e. The maximum absolute atomic E-state index is 5.67. The SMILES string of the molecule is CC(CCN)c1nc(C2CCOc3ccccc32)no1. The lowest BCUT2D eigenvalue weighted by Crippen LogP contribution is -2.16. The third kappa shape index (κ3) is 2.41. The van der Waals surface area contributed by atoms with Crippen molar-refractivity contribution in [2.45, 2.75) is 31.6 Å². The minimum absolute atomic E-state index is 0.155. The highest BCUT2D eigenvalue weighted by Gasteiger charge is 2.27. The molecule has 2 aromatic rings. The number of nitrogens with two attached hydrogens (primary N) is 1. The van der Waals surface area contributed by atoms with Crippen LogP contribution in [0.1, 0.15) is 48.9 Å². The lowest BCUT2D eigenvalue weighted by molar-refractivity contribution is 0.272. The summed E-state index contributed by atoms with van der Waals surface area (Å²) in [7, 11) is 0. The van der Waals surface area contributed by atoms with Gasteiger partial charge in [0.1, 0.15) is 5.75 Å². The van der Waals surface area contributed by atoms with Gasteiger partial charge in [0, 0.05) is 11.5 Å². The fourth-order valence-electron chi connectivity index (χ4n) is 2.57. The van der Waals surface area contributed by atoms with E-state index in [1.54, 1.807) is 0 Å². The highest BCUT2D eigenvalue weighted by atomic mass is 16.5. The Kier molecular flexibility index (Phi) is 3.69. The Morgan fingerprint density at radius 3 is 3.10 bits per heavy atom.